The molecule has 0 aliphatic carbocycles. The molecule has 0 fully saturated rings. The summed E-state index contributed by atoms with van der Waals surface area (Å²) >= 11 is 0. The van der Waals surface area contributed by atoms with Crippen molar-refractivity contribution in [2.45, 2.75) is 19.4 Å². The molecule has 1 atom stereocenters. The van der Waals surface area contributed by atoms with E-state index in [2.05, 4.69) is 10.4 Å². The second kappa shape index (κ2) is 6.49. The van der Waals surface area contributed by atoms with E-state index in [0.717, 1.165) is 6.20 Å². The monoisotopic (exact) mass is 299 g/mol. The number of para-hydroxylation sites is 1. The Morgan fingerprint density at radius 1 is 1.55 bits per heavy atom. The number of carbonyl (C=O) groups is 1. The minimum Gasteiger partial charge on any atom is -0.323 e. The van der Waals surface area contributed by atoms with Crippen molar-refractivity contribution in [2.75, 3.05) is 5.32 Å². The molecule has 2 aromatic rings. The van der Waals surface area contributed by atoms with Gasteiger partial charge in [0, 0.05) is 0 Å². The average molecular weight is 299 g/mol. The highest BCUT2D eigenvalue weighted by Crippen LogP contribution is 2.20. The van der Waals surface area contributed by atoms with Gasteiger partial charge in [-0.2, -0.15) is 10.4 Å². The minimum absolute atomic E-state index is 0.177. The van der Waals surface area contributed by atoms with Crippen LogP contribution < -0.4 is 5.32 Å². The second-order valence-electron chi connectivity index (χ2n) is 4.51. The lowest BCUT2D eigenvalue weighted by atomic mass is 10.1. The van der Waals surface area contributed by atoms with Crippen molar-refractivity contribution in [1.29, 1.82) is 5.26 Å². The van der Waals surface area contributed by atoms with Crippen molar-refractivity contribution in [3.05, 3.63) is 52.3 Å². The molecule has 2 rings (SSSR count). The van der Waals surface area contributed by atoms with E-state index in [9.17, 15) is 14.9 Å². The summed E-state index contributed by atoms with van der Waals surface area (Å²) in [4.78, 5) is 22.5. The predicted octanol–water partition coefficient (Wildman–Crippen LogP) is 2.25. The van der Waals surface area contributed by atoms with Gasteiger partial charge in [-0.05, 0) is 18.6 Å². The number of nitriles is 1. The van der Waals surface area contributed by atoms with Crippen LogP contribution in [0.25, 0.3) is 0 Å². The van der Waals surface area contributed by atoms with Crippen molar-refractivity contribution in [3.8, 4) is 6.07 Å². The van der Waals surface area contributed by atoms with E-state index in [0.29, 0.717) is 17.7 Å². The van der Waals surface area contributed by atoms with Gasteiger partial charge < -0.3 is 5.32 Å². The van der Waals surface area contributed by atoms with E-state index in [1.807, 2.05) is 6.07 Å². The number of anilines is 1. The number of hydrogen-bond acceptors (Lipinski definition) is 5. The van der Waals surface area contributed by atoms with Crippen LogP contribution in [0.4, 0.5) is 11.4 Å². The molecule has 1 heterocycles. The van der Waals surface area contributed by atoms with E-state index in [1.54, 1.807) is 31.2 Å². The lowest BCUT2D eigenvalue weighted by Gasteiger charge is -2.15. The molecular weight excluding hydrogens is 286 g/mol. The predicted molar refractivity (Wildman–Crippen MR) is 78.0 cm³/mol. The standard InChI is InChI=1S/C14H13N5O3/c1-2-13(18-9-11(8-16-18)19(21)22)14(20)17-12-6-4-3-5-10(12)7-15/h3-6,8-9,13H,2H2,1H3,(H,17,20). The third kappa shape index (κ3) is 3.09. The van der Waals surface area contributed by atoms with Gasteiger partial charge in [-0.25, -0.2) is 0 Å². The first-order chi connectivity index (χ1) is 10.6. The van der Waals surface area contributed by atoms with Crippen molar-refractivity contribution >= 4 is 17.3 Å². The normalized spacial score (nSPS) is 11.5. The number of nitro groups is 1. The Balaban J connectivity index is 2.22. The molecule has 22 heavy (non-hydrogen) atoms. The fourth-order valence-electron chi connectivity index (χ4n) is 1.99. The van der Waals surface area contributed by atoms with Crippen LogP contribution in [0, 0.1) is 21.4 Å². The summed E-state index contributed by atoms with van der Waals surface area (Å²) in [6.07, 6.45) is 2.71. The number of nitrogens with one attached hydrogen (secondary N) is 1. The van der Waals surface area contributed by atoms with Crippen LogP contribution in [0.5, 0.6) is 0 Å². The van der Waals surface area contributed by atoms with Crippen LogP contribution in [0.1, 0.15) is 24.9 Å². The SMILES string of the molecule is CCC(C(=O)Nc1ccccc1C#N)n1cc([N+](=O)[O-])cn1. The van der Waals surface area contributed by atoms with Crippen molar-refractivity contribution in [2.24, 2.45) is 0 Å². The molecule has 0 saturated carbocycles. The Kier molecular flexibility index (Phi) is 4.48. The maximum absolute atomic E-state index is 12.3. The molecule has 0 radical (unpaired) electrons. The molecule has 1 aromatic heterocycles. The fraction of sp³-hybridized carbons (Fsp3) is 0.214. The van der Waals surface area contributed by atoms with Gasteiger partial charge in [-0.1, -0.05) is 19.1 Å². The zero-order valence-corrected chi connectivity index (χ0v) is 11.8. The molecule has 112 valence electrons. The molecule has 0 saturated heterocycles. The van der Waals surface area contributed by atoms with Crippen LogP contribution in [-0.2, 0) is 4.79 Å². The molecule has 0 bridgehead atoms. The van der Waals surface area contributed by atoms with Crippen LogP contribution in [0.2, 0.25) is 0 Å². The molecule has 1 N–H and O–H groups in total. The number of aromatic nitrogens is 2. The summed E-state index contributed by atoms with van der Waals surface area (Å²) < 4.78 is 1.25. The summed E-state index contributed by atoms with van der Waals surface area (Å²) in [6, 6.07) is 7.91. The number of nitrogens with zero attached hydrogens (tertiary/aromatic N) is 4. The minimum atomic E-state index is -0.694. The second-order valence-corrected chi connectivity index (χ2v) is 4.51. The maximum atomic E-state index is 12.3. The summed E-state index contributed by atoms with van der Waals surface area (Å²) in [6.45, 7) is 1.77. The van der Waals surface area contributed by atoms with Gasteiger partial charge in [-0.15, -0.1) is 0 Å². The highest BCUT2D eigenvalue weighted by molar-refractivity contribution is 5.94. The molecule has 8 heteroatoms. The van der Waals surface area contributed by atoms with E-state index in [4.69, 9.17) is 5.26 Å². The number of carbonyl (C=O) groups excluding carboxylic acids is 1. The first kappa shape index (κ1) is 15.2. The molecule has 0 spiro atoms. The Morgan fingerprint density at radius 2 is 2.27 bits per heavy atom. The van der Waals surface area contributed by atoms with Crippen molar-refractivity contribution in [1.82, 2.24) is 9.78 Å². The third-order valence-corrected chi connectivity index (χ3v) is 3.11. The highest BCUT2D eigenvalue weighted by atomic mass is 16.6. The van der Waals surface area contributed by atoms with E-state index in [1.165, 1.54) is 10.9 Å². The molecule has 1 aromatic carbocycles. The lowest BCUT2D eigenvalue weighted by Crippen LogP contribution is -2.26. The van der Waals surface area contributed by atoms with Gasteiger partial charge >= 0.3 is 5.69 Å². The molecular formula is C14H13N5O3. The highest BCUT2D eigenvalue weighted by Gasteiger charge is 2.22. The number of hydrogen-bond donors (Lipinski definition) is 1. The zero-order chi connectivity index (χ0) is 16.1. The Bertz CT molecular complexity index is 747. The summed E-state index contributed by atoms with van der Waals surface area (Å²) in [5, 5.41) is 26.2. The van der Waals surface area contributed by atoms with Crippen LogP contribution in [-0.4, -0.2) is 20.6 Å². The quantitative estimate of drug-likeness (QED) is 0.671. The van der Waals surface area contributed by atoms with E-state index < -0.39 is 11.0 Å². The molecule has 1 unspecified atom stereocenters. The molecule has 8 nitrogen and oxygen atoms in total. The van der Waals surface area contributed by atoms with Gasteiger partial charge in [0.15, 0.2) is 0 Å². The van der Waals surface area contributed by atoms with E-state index >= 15 is 0 Å². The lowest BCUT2D eigenvalue weighted by molar-refractivity contribution is -0.385. The van der Waals surface area contributed by atoms with Gasteiger partial charge in [0.2, 0.25) is 5.91 Å². The average Bonchev–Trinajstić information content (AvgIpc) is 2.98. The smallest absolute Gasteiger partial charge is 0.307 e. The van der Waals surface area contributed by atoms with Crippen LogP contribution in [0.15, 0.2) is 36.7 Å². The summed E-state index contributed by atoms with van der Waals surface area (Å²) in [5.41, 5.74) is 0.566. The summed E-state index contributed by atoms with van der Waals surface area (Å²) in [5.74, 6) is -0.386. The molecule has 0 aliphatic heterocycles. The van der Waals surface area contributed by atoms with Crippen molar-refractivity contribution < 1.29 is 9.72 Å². The van der Waals surface area contributed by atoms with E-state index in [-0.39, 0.29) is 11.6 Å². The largest absolute Gasteiger partial charge is 0.323 e. The van der Waals surface area contributed by atoms with Gasteiger partial charge in [0.05, 0.1) is 16.2 Å². The van der Waals surface area contributed by atoms with Crippen molar-refractivity contribution in [3.63, 3.8) is 0 Å². The zero-order valence-electron chi connectivity index (χ0n) is 11.8. The number of rotatable bonds is 5. The first-order valence-electron chi connectivity index (χ1n) is 6.55. The Hall–Kier alpha value is -3.21. The Labute approximate surface area is 126 Å². The van der Waals surface area contributed by atoms with Gasteiger partial charge in [-0.3, -0.25) is 19.6 Å². The molecule has 1 amide bonds. The third-order valence-electron chi connectivity index (χ3n) is 3.11. The van der Waals surface area contributed by atoms with Crippen LogP contribution >= 0.6 is 0 Å². The molecule has 0 aliphatic rings. The first-order valence-corrected chi connectivity index (χ1v) is 6.55. The van der Waals surface area contributed by atoms with Gasteiger partial charge in [0.1, 0.15) is 24.5 Å². The topological polar surface area (TPSA) is 114 Å². The maximum Gasteiger partial charge on any atom is 0.307 e. The Morgan fingerprint density at radius 3 is 2.86 bits per heavy atom. The number of amides is 1. The fourth-order valence-corrected chi connectivity index (χ4v) is 1.99. The number of benzene rings is 1. The summed E-state index contributed by atoms with van der Waals surface area (Å²) in [7, 11) is 0. The van der Waals surface area contributed by atoms with Gasteiger partial charge in [0.25, 0.3) is 0 Å². The van der Waals surface area contributed by atoms with Crippen LogP contribution in [0.3, 0.4) is 0 Å².